The number of benzene rings is 2. The molecule has 3 rings (SSSR count). The molecule has 0 aromatic heterocycles. The molecular weight excluding hydrogens is 402 g/mol. The van der Waals surface area contributed by atoms with Gasteiger partial charge in [-0.3, -0.25) is 9.69 Å². The largest absolute Gasteiger partial charge is 0.489 e. The molecule has 1 atom stereocenters. The Bertz CT molecular complexity index is 815. The van der Waals surface area contributed by atoms with Crippen molar-refractivity contribution in [2.24, 2.45) is 0 Å². The van der Waals surface area contributed by atoms with Gasteiger partial charge in [-0.25, -0.2) is 0 Å². The fourth-order valence-corrected chi connectivity index (χ4v) is 3.40. The lowest BCUT2D eigenvalue weighted by Gasteiger charge is -2.33. The molecular formula is C24H30ClNO4. The first-order valence-electron chi connectivity index (χ1n) is 10.3. The molecule has 1 aliphatic rings. The van der Waals surface area contributed by atoms with E-state index in [1.165, 1.54) is 0 Å². The molecule has 0 saturated carbocycles. The number of esters is 1. The number of morpholine rings is 1. The SMILES string of the molecule is CC(C)(C)OC(=O)CCN1CCOC(c2ccc(OCc3ccc(Cl)cc3)cc2)C1. The minimum absolute atomic E-state index is 0.0114. The summed E-state index contributed by atoms with van der Waals surface area (Å²) in [6.45, 7) is 9.06. The topological polar surface area (TPSA) is 48.0 Å². The van der Waals surface area contributed by atoms with Gasteiger partial charge in [-0.2, -0.15) is 0 Å². The Balaban J connectivity index is 1.48. The number of ether oxygens (including phenoxy) is 3. The fourth-order valence-electron chi connectivity index (χ4n) is 3.28. The quantitative estimate of drug-likeness (QED) is 0.576. The molecule has 1 saturated heterocycles. The highest BCUT2D eigenvalue weighted by atomic mass is 35.5. The van der Waals surface area contributed by atoms with Gasteiger partial charge in [0.25, 0.3) is 0 Å². The predicted molar refractivity (Wildman–Crippen MR) is 118 cm³/mol. The van der Waals surface area contributed by atoms with Crippen molar-refractivity contribution in [3.05, 3.63) is 64.7 Å². The zero-order valence-electron chi connectivity index (χ0n) is 17.9. The number of carbonyl (C=O) groups excluding carboxylic acids is 1. The number of carbonyl (C=O) groups is 1. The van der Waals surface area contributed by atoms with Gasteiger partial charge >= 0.3 is 5.97 Å². The van der Waals surface area contributed by atoms with E-state index in [2.05, 4.69) is 4.90 Å². The molecule has 0 aliphatic carbocycles. The summed E-state index contributed by atoms with van der Waals surface area (Å²) in [5.74, 6) is 0.652. The van der Waals surface area contributed by atoms with Crippen LogP contribution in [-0.4, -0.2) is 42.7 Å². The first kappa shape index (κ1) is 22.6. The second kappa shape index (κ2) is 10.3. The van der Waals surface area contributed by atoms with Gasteiger partial charge in [-0.1, -0.05) is 35.9 Å². The van der Waals surface area contributed by atoms with E-state index in [0.717, 1.165) is 35.0 Å². The summed E-state index contributed by atoms with van der Waals surface area (Å²) in [5, 5.41) is 0.718. The van der Waals surface area contributed by atoms with Gasteiger partial charge < -0.3 is 14.2 Å². The molecule has 0 spiro atoms. The van der Waals surface area contributed by atoms with Crippen molar-refractivity contribution in [1.82, 2.24) is 4.90 Å². The number of nitrogens with zero attached hydrogens (tertiary/aromatic N) is 1. The Morgan fingerprint density at radius 1 is 1.13 bits per heavy atom. The van der Waals surface area contributed by atoms with Crippen LogP contribution in [0.2, 0.25) is 5.02 Å². The molecule has 1 fully saturated rings. The first-order valence-corrected chi connectivity index (χ1v) is 10.7. The molecule has 0 N–H and O–H groups in total. The average Bonchev–Trinajstić information content (AvgIpc) is 2.71. The van der Waals surface area contributed by atoms with Gasteiger partial charge in [0.1, 0.15) is 18.0 Å². The summed E-state index contributed by atoms with van der Waals surface area (Å²) in [6.07, 6.45) is 0.379. The molecule has 162 valence electrons. The van der Waals surface area contributed by atoms with Gasteiger partial charge in [-0.15, -0.1) is 0 Å². The number of halogens is 1. The smallest absolute Gasteiger partial charge is 0.307 e. The summed E-state index contributed by atoms with van der Waals surface area (Å²) in [7, 11) is 0. The van der Waals surface area contributed by atoms with Crippen molar-refractivity contribution in [2.45, 2.75) is 45.5 Å². The van der Waals surface area contributed by atoms with E-state index >= 15 is 0 Å². The Morgan fingerprint density at radius 3 is 2.50 bits per heavy atom. The highest BCUT2D eigenvalue weighted by molar-refractivity contribution is 6.30. The van der Waals surface area contributed by atoms with Crippen LogP contribution in [0.25, 0.3) is 0 Å². The first-order chi connectivity index (χ1) is 14.3. The van der Waals surface area contributed by atoms with Crippen LogP contribution in [0, 0.1) is 0 Å². The lowest BCUT2D eigenvalue weighted by molar-refractivity contribution is -0.155. The van der Waals surface area contributed by atoms with E-state index in [1.54, 1.807) is 0 Å². The molecule has 0 amide bonds. The maximum Gasteiger partial charge on any atom is 0.307 e. The minimum Gasteiger partial charge on any atom is -0.489 e. The van der Waals surface area contributed by atoms with E-state index in [0.29, 0.717) is 26.2 Å². The van der Waals surface area contributed by atoms with Crippen LogP contribution in [0.15, 0.2) is 48.5 Å². The van der Waals surface area contributed by atoms with E-state index < -0.39 is 5.60 Å². The molecule has 6 heteroatoms. The fraction of sp³-hybridized carbons (Fsp3) is 0.458. The predicted octanol–water partition coefficient (Wildman–Crippen LogP) is 5.02. The molecule has 30 heavy (non-hydrogen) atoms. The Kier molecular flexibility index (Phi) is 7.75. The van der Waals surface area contributed by atoms with Crippen molar-refractivity contribution in [3.8, 4) is 5.75 Å². The van der Waals surface area contributed by atoms with Crippen LogP contribution < -0.4 is 4.74 Å². The van der Waals surface area contributed by atoms with Crippen LogP contribution in [-0.2, 0) is 20.9 Å². The van der Waals surface area contributed by atoms with Crippen LogP contribution in [0.5, 0.6) is 5.75 Å². The molecule has 2 aromatic carbocycles. The molecule has 0 bridgehead atoms. The summed E-state index contributed by atoms with van der Waals surface area (Å²) in [6, 6.07) is 15.6. The summed E-state index contributed by atoms with van der Waals surface area (Å²) >= 11 is 5.91. The molecule has 1 heterocycles. The zero-order chi connectivity index (χ0) is 21.6. The van der Waals surface area contributed by atoms with Gasteiger partial charge in [0.05, 0.1) is 19.1 Å². The standard InChI is InChI=1S/C24H30ClNO4/c1-24(2,3)30-23(27)12-13-26-14-15-28-22(16-26)19-6-10-21(11-7-19)29-17-18-4-8-20(25)9-5-18/h4-11,22H,12-17H2,1-3H3. The summed E-state index contributed by atoms with van der Waals surface area (Å²) < 4.78 is 17.2. The van der Waals surface area contributed by atoms with Crippen LogP contribution >= 0.6 is 11.6 Å². The number of hydrogen-bond acceptors (Lipinski definition) is 5. The normalized spacial score (nSPS) is 17.5. The van der Waals surface area contributed by atoms with Crippen LogP contribution in [0.1, 0.15) is 44.4 Å². The molecule has 1 aliphatic heterocycles. The van der Waals surface area contributed by atoms with E-state index in [9.17, 15) is 4.79 Å². The molecule has 0 radical (unpaired) electrons. The van der Waals surface area contributed by atoms with Crippen molar-refractivity contribution >= 4 is 17.6 Å². The lowest BCUT2D eigenvalue weighted by Crippen LogP contribution is -2.39. The van der Waals surface area contributed by atoms with Crippen LogP contribution in [0.3, 0.4) is 0 Å². The highest BCUT2D eigenvalue weighted by Gasteiger charge is 2.23. The van der Waals surface area contributed by atoms with E-state index in [4.69, 9.17) is 25.8 Å². The van der Waals surface area contributed by atoms with Gasteiger partial charge in [-0.05, 0) is 56.2 Å². The number of hydrogen-bond donors (Lipinski definition) is 0. The third kappa shape index (κ3) is 7.31. The van der Waals surface area contributed by atoms with E-state index in [-0.39, 0.29) is 12.1 Å². The maximum absolute atomic E-state index is 12.0. The van der Waals surface area contributed by atoms with Crippen molar-refractivity contribution in [3.63, 3.8) is 0 Å². The van der Waals surface area contributed by atoms with E-state index in [1.807, 2.05) is 69.3 Å². The summed E-state index contributed by atoms with van der Waals surface area (Å²) in [5.41, 5.74) is 1.73. The maximum atomic E-state index is 12.0. The molecule has 5 nitrogen and oxygen atoms in total. The second-order valence-corrected chi connectivity index (χ2v) is 8.92. The minimum atomic E-state index is -0.442. The van der Waals surface area contributed by atoms with Crippen molar-refractivity contribution < 1.29 is 19.0 Å². The average molecular weight is 432 g/mol. The third-order valence-electron chi connectivity index (χ3n) is 4.77. The van der Waals surface area contributed by atoms with Gasteiger partial charge in [0.2, 0.25) is 0 Å². The second-order valence-electron chi connectivity index (χ2n) is 8.48. The van der Waals surface area contributed by atoms with Crippen molar-refractivity contribution in [2.75, 3.05) is 26.2 Å². The zero-order valence-corrected chi connectivity index (χ0v) is 18.7. The van der Waals surface area contributed by atoms with Crippen molar-refractivity contribution in [1.29, 1.82) is 0 Å². The lowest BCUT2D eigenvalue weighted by atomic mass is 10.1. The highest BCUT2D eigenvalue weighted by Crippen LogP contribution is 2.25. The monoisotopic (exact) mass is 431 g/mol. The Labute approximate surface area is 183 Å². The van der Waals surface area contributed by atoms with Crippen LogP contribution in [0.4, 0.5) is 0 Å². The third-order valence-corrected chi connectivity index (χ3v) is 5.03. The number of rotatable bonds is 7. The Morgan fingerprint density at radius 2 is 1.83 bits per heavy atom. The molecule has 1 unspecified atom stereocenters. The Hall–Kier alpha value is -2.08. The summed E-state index contributed by atoms with van der Waals surface area (Å²) in [4.78, 5) is 14.2. The van der Waals surface area contributed by atoms with Gasteiger partial charge in [0, 0.05) is 24.7 Å². The molecule has 2 aromatic rings. The van der Waals surface area contributed by atoms with Gasteiger partial charge in [0.15, 0.2) is 0 Å².